The van der Waals surface area contributed by atoms with Gasteiger partial charge in [0.2, 0.25) is 10.0 Å². The number of fused-ring (bicyclic) bond motifs is 1. The van der Waals surface area contributed by atoms with Crippen LogP contribution in [0.1, 0.15) is 29.9 Å². The van der Waals surface area contributed by atoms with Crippen LogP contribution in [0, 0.1) is 0 Å². The molecule has 31 heavy (non-hydrogen) atoms. The zero-order valence-electron chi connectivity index (χ0n) is 17.1. The Morgan fingerprint density at radius 1 is 1.13 bits per heavy atom. The summed E-state index contributed by atoms with van der Waals surface area (Å²) in [6.45, 7) is 4.26. The summed E-state index contributed by atoms with van der Waals surface area (Å²) in [5.41, 5.74) is 1.52. The van der Waals surface area contributed by atoms with Crippen molar-refractivity contribution in [3.8, 4) is 0 Å². The van der Waals surface area contributed by atoms with Gasteiger partial charge in [0, 0.05) is 25.5 Å². The third-order valence-corrected chi connectivity index (χ3v) is 7.00. The van der Waals surface area contributed by atoms with Crippen LogP contribution < -0.4 is 0 Å². The van der Waals surface area contributed by atoms with Crippen LogP contribution in [0.2, 0.25) is 5.02 Å². The quantitative estimate of drug-likeness (QED) is 0.540. The molecule has 1 aromatic carbocycles. The van der Waals surface area contributed by atoms with Crippen LogP contribution in [0.25, 0.3) is 5.65 Å². The maximum Gasteiger partial charge on any atom is 0.338 e. The van der Waals surface area contributed by atoms with Gasteiger partial charge < -0.3 is 13.9 Å². The smallest absolute Gasteiger partial charge is 0.338 e. The minimum atomic E-state index is -3.67. The van der Waals surface area contributed by atoms with Crippen molar-refractivity contribution < 1.29 is 22.7 Å². The lowest BCUT2D eigenvalue weighted by atomic mass is 10.2. The number of ether oxygens (including phenoxy) is 2. The first-order chi connectivity index (χ1) is 14.7. The second-order valence-corrected chi connectivity index (χ2v) is 9.90. The van der Waals surface area contributed by atoms with Crippen LogP contribution in [0.15, 0.2) is 53.7 Å². The number of halogens is 1. The number of benzene rings is 1. The number of hydrogen-bond donors (Lipinski definition) is 0. The molecular weight excluding hydrogens is 442 g/mol. The van der Waals surface area contributed by atoms with Crippen LogP contribution >= 0.6 is 11.6 Å². The average molecular weight is 464 g/mol. The predicted molar refractivity (Wildman–Crippen MR) is 115 cm³/mol. The molecule has 3 heterocycles. The van der Waals surface area contributed by atoms with Gasteiger partial charge in [-0.1, -0.05) is 11.6 Å². The summed E-state index contributed by atoms with van der Waals surface area (Å²) in [6, 6.07) is 9.24. The summed E-state index contributed by atoms with van der Waals surface area (Å²) in [4.78, 5) is 16.9. The molecule has 0 saturated carbocycles. The topological polar surface area (TPSA) is 90.2 Å². The van der Waals surface area contributed by atoms with Gasteiger partial charge in [-0.05, 0) is 50.2 Å². The third-order valence-electron chi connectivity index (χ3n) is 4.93. The number of esters is 1. The highest BCUT2D eigenvalue weighted by Gasteiger charge is 2.32. The largest absolute Gasteiger partial charge is 0.456 e. The molecule has 1 aliphatic rings. The molecule has 164 valence electrons. The van der Waals surface area contributed by atoms with E-state index in [1.54, 1.807) is 28.9 Å². The van der Waals surface area contributed by atoms with Gasteiger partial charge in [0.25, 0.3) is 0 Å². The summed E-state index contributed by atoms with van der Waals surface area (Å²) in [6.07, 6.45) is 3.09. The highest BCUT2D eigenvalue weighted by molar-refractivity contribution is 7.89. The first kappa shape index (κ1) is 21.8. The maximum absolute atomic E-state index is 12.9. The van der Waals surface area contributed by atoms with Gasteiger partial charge >= 0.3 is 5.97 Å². The second-order valence-electron chi connectivity index (χ2n) is 7.52. The fraction of sp³-hybridized carbons (Fsp3) is 0.333. The van der Waals surface area contributed by atoms with E-state index >= 15 is 0 Å². The summed E-state index contributed by atoms with van der Waals surface area (Å²) in [7, 11) is -3.67. The molecule has 3 aromatic rings. The van der Waals surface area contributed by atoms with Crippen molar-refractivity contribution in [1.29, 1.82) is 0 Å². The molecule has 1 saturated heterocycles. The zero-order valence-corrected chi connectivity index (χ0v) is 18.6. The Morgan fingerprint density at radius 3 is 2.48 bits per heavy atom. The molecule has 8 nitrogen and oxygen atoms in total. The van der Waals surface area contributed by atoms with E-state index in [9.17, 15) is 13.2 Å². The lowest BCUT2D eigenvalue weighted by Gasteiger charge is -2.34. The Labute approximate surface area is 185 Å². The third kappa shape index (κ3) is 4.74. The van der Waals surface area contributed by atoms with Crippen molar-refractivity contribution in [1.82, 2.24) is 13.7 Å². The standard InChI is InChI=1S/C21H22ClN3O5S/c1-14-9-25(10-15(2)30-14)31(27,28)19-6-3-16(4-7-19)21(26)29-13-18-12-24-11-17(22)5-8-20(24)23-18/h3-8,11-12,14-15H,9-10,13H2,1-2H3. The number of imidazole rings is 1. The SMILES string of the molecule is CC1CN(S(=O)(=O)c2ccc(C(=O)OCc3cn4cc(Cl)ccc4n3)cc2)CC(C)O1. The molecule has 2 unspecified atom stereocenters. The van der Waals surface area contributed by atoms with Crippen LogP contribution in [0.4, 0.5) is 0 Å². The first-order valence-corrected chi connectivity index (χ1v) is 11.6. The molecule has 0 spiro atoms. The van der Waals surface area contributed by atoms with E-state index in [4.69, 9.17) is 21.1 Å². The number of rotatable bonds is 5. The highest BCUT2D eigenvalue weighted by atomic mass is 35.5. The Balaban J connectivity index is 1.42. The van der Waals surface area contributed by atoms with Crippen molar-refractivity contribution in [2.45, 2.75) is 37.6 Å². The van der Waals surface area contributed by atoms with Crippen LogP contribution in [0.3, 0.4) is 0 Å². The lowest BCUT2D eigenvalue weighted by molar-refractivity contribution is -0.0440. The molecule has 4 rings (SSSR count). The van der Waals surface area contributed by atoms with E-state index < -0.39 is 16.0 Å². The lowest BCUT2D eigenvalue weighted by Crippen LogP contribution is -2.48. The minimum absolute atomic E-state index is 0.0122. The molecule has 1 fully saturated rings. The molecule has 0 N–H and O–H groups in total. The highest BCUT2D eigenvalue weighted by Crippen LogP contribution is 2.22. The normalized spacial score (nSPS) is 20.1. The van der Waals surface area contributed by atoms with Crippen LogP contribution in [-0.4, -0.2) is 53.4 Å². The molecule has 0 aliphatic carbocycles. The number of morpholine rings is 1. The van der Waals surface area contributed by atoms with Gasteiger partial charge in [0.05, 0.1) is 33.4 Å². The number of nitrogens with zero attached hydrogens (tertiary/aromatic N) is 3. The predicted octanol–water partition coefficient (Wildman–Crippen LogP) is 3.14. The van der Waals surface area contributed by atoms with Gasteiger partial charge in [0.1, 0.15) is 12.3 Å². The number of hydrogen-bond acceptors (Lipinski definition) is 6. The Kier molecular flexibility index (Phi) is 6.02. The van der Waals surface area contributed by atoms with E-state index in [0.717, 1.165) is 0 Å². The fourth-order valence-corrected chi connectivity index (χ4v) is 5.31. The molecular formula is C21H22ClN3O5S. The molecule has 2 atom stereocenters. The number of carbonyl (C=O) groups excluding carboxylic acids is 1. The van der Waals surface area contributed by atoms with Gasteiger partial charge in [-0.15, -0.1) is 0 Å². The number of aromatic nitrogens is 2. The van der Waals surface area contributed by atoms with E-state index in [1.807, 2.05) is 13.8 Å². The van der Waals surface area contributed by atoms with Gasteiger partial charge in [-0.2, -0.15) is 4.31 Å². The fourth-order valence-electron chi connectivity index (χ4n) is 3.55. The van der Waals surface area contributed by atoms with Crippen molar-refractivity contribution in [2.75, 3.05) is 13.1 Å². The van der Waals surface area contributed by atoms with Crippen molar-refractivity contribution in [3.63, 3.8) is 0 Å². The van der Waals surface area contributed by atoms with E-state index in [2.05, 4.69) is 4.98 Å². The van der Waals surface area contributed by atoms with E-state index in [0.29, 0.717) is 29.5 Å². The van der Waals surface area contributed by atoms with Crippen LogP contribution in [0.5, 0.6) is 0 Å². The number of sulfonamides is 1. The van der Waals surface area contributed by atoms with Crippen LogP contribution in [-0.2, 0) is 26.1 Å². The minimum Gasteiger partial charge on any atom is -0.456 e. The van der Waals surface area contributed by atoms with E-state index in [1.165, 1.54) is 28.6 Å². The van der Waals surface area contributed by atoms with Crippen molar-refractivity contribution in [2.24, 2.45) is 0 Å². The molecule has 2 aromatic heterocycles. The summed E-state index contributed by atoms with van der Waals surface area (Å²) in [5, 5.41) is 0.574. The molecule has 1 aliphatic heterocycles. The monoisotopic (exact) mass is 463 g/mol. The summed E-state index contributed by atoms with van der Waals surface area (Å²) < 4.78 is 39.9. The Hall–Kier alpha value is -2.46. The van der Waals surface area contributed by atoms with Gasteiger partial charge in [-0.3, -0.25) is 0 Å². The van der Waals surface area contributed by atoms with E-state index in [-0.39, 0.29) is 29.3 Å². The maximum atomic E-state index is 12.9. The zero-order chi connectivity index (χ0) is 22.2. The Morgan fingerprint density at radius 2 is 1.81 bits per heavy atom. The molecule has 10 heteroatoms. The van der Waals surface area contributed by atoms with Crippen molar-refractivity contribution >= 4 is 33.2 Å². The van der Waals surface area contributed by atoms with Gasteiger partial charge in [-0.25, -0.2) is 18.2 Å². The number of pyridine rings is 1. The molecule has 0 radical (unpaired) electrons. The van der Waals surface area contributed by atoms with Crippen molar-refractivity contribution in [3.05, 3.63) is 65.1 Å². The Bertz CT molecular complexity index is 1200. The first-order valence-electron chi connectivity index (χ1n) is 9.78. The average Bonchev–Trinajstić information content (AvgIpc) is 3.13. The molecule has 0 bridgehead atoms. The summed E-state index contributed by atoms with van der Waals surface area (Å²) >= 11 is 5.96. The second kappa shape index (κ2) is 8.58. The number of carbonyl (C=O) groups is 1. The van der Waals surface area contributed by atoms with Gasteiger partial charge in [0.15, 0.2) is 0 Å². The molecule has 0 amide bonds. The summed E-state index contributed by atoms with van der Waals surface area (Å²) in [5.74, 6) is -0.562.